The van der Waals surface area contributed by atoms with Crippen molar-refractivity contribution in [2.75, 3.05) is 19.0 Å². The van der Waals surface area contributed by atoms with Gasteiger partial charge in [0.05, 0.1) is 18.5 Å². The first-order valence-electron chi connectivity index (χ1n) is 7.84. The Balaban J connectivity index is 0.00000243. The molecule has 136 valence electrons. The first-order chi connectivity index (χ1) is 12.2. The zero-order valence-electron chi connectivity index (χ0n) is 14.3. The molecule has 3 rings (SSSR count). The van der Waals surface area contributed by atoms with Gasteiger partial charge in [0.15, 0.2) is 0 Å². The Labute approximate surface area is 157 Å². The number of nitrogens with one attached hydrogen (secondary N) is 1. The summed E-state index contributed by atoms with van der Waals surface area (Å²) in [6.07, 6.45) is 3.96. The minimum Gasteiger partial charge on any atom is -0.495 e. The second-order valence-electron chi connectivity index (χ2n) is 5.44. The first-order valence-corrected chi connectivity index (χ1v) is 7.84. The van der Waals surface area contributed by atoms with Gasteiger partial charge in [-0.2, -0.15) is 0 Å². The van der Waals surface area contributed by atoms with E-state index < -0.39 is 0 Å². The standard InChI is InChI=1S/C18H19N5O2.ClH/c1-25-17-7-6-15(23-11-20-21-12-23)10-16(17)22-18(24)14-4-2-13(3-5-14)8-9-19;/h2-7,10-12H,8-9,19H2,1H3,(H,22,24);1H. The number of amides is 1. The number of hydrogen-bond donors (Lipinski definition) is 2. The van der Waals surface area contributed by atoms with Crippen molar-refractivity contribution in [3.63, 3.8) is 0 Å². The highest BCUT2D eigenvalue weighted by Gasteiger charge is 2.11. The predicted octanol–water partition coefficient (Wildman–Crippen LogP) is 2.45. The maximum atomic E-state index is 12.5. The first kappa shape index (κ1) is 19.4. The van der Waals surface area contributed by atoms with Crippen LogP contribution in [-0.4, -0.2) is 34.3 Å². The molecule has 2 aromatic carbocycles. The molecule has 0 radical (unpaired) electrons. The van der Waals surface area contributed by atoms with Crippen LogP contribution >= 0.6 is 12.4 Å². The van der Waals surface area contributed by atoms with E-state index in [4.69, 9.17) is 10.5 Å². The summed E-state index contributed by atoms with van der Waals surface area (Å²) in [6, 6.07) is 12.9. The minimum absolute atomic E-state index is 0. The lowest BCUT2D eigenvalue weighted by Gasteiger charge is -2.12. The van der Waals surface area contributed by atoms with E-state index >= 15 is 0 Å². The van der Waals surface area contributed by atoms with E-state index in [9.17, 15) is 4.79 Å². The molecule has 8 heteroatoms. The third-order valence-electron chi connectivity index (χ3n) is 3.80. The minimum atomic E-state index is -0.210. The zero-order chi connectivity index (χ0) is 17.6. The van der Waals surface area contributed by atoms with Gasteiger partial charge in [0, 0.05) is 5.56 Å². The summed E-state index contributed by atoms with van der Waals surface area (Å²) in [6.45, 7) is 0.582. The quantitative estimate of drug-likeness (QED) is 0.692. The van der Waals surface area contributed by atoms with Crippen LogP contribution in [0.15, 0.2) is 55.1 Å². The number of aromatic nitrogens is 3. The topological polar surface area (TPSA) is 95.1 Å². The van der Waals surface area contributed by atoms with Crippen molar-refractivity contribution in [3.05, 3.63) is 66.2 Å². The Morgan fingerprint density at radius 3 is 2.46 bits per heavy atom. The van der Waals surface area contributed by atoms with Crippen LogP contribution in [0.4, 0.5) is 5.69 Å². The van der Waals surface area contributed by atoms with E-state index in [0.29, 0.717) is 23.5 Å². The Morgan fingerprint density at radius 2 is 1.85 bits per heavy atom. The molecule has 26 heavy (non-hydrogen) atoms. The fraction of sp³-hybridized carbons (Fsp3) is 0.167. The predicted molar refractivity (Wildman–Crippen MR) is 102 cm³/mol. The van der Waals surface area contributed by atoms with Gasteiger partial charge in [-0.1, -0.05) is 12.1 Å². The summed E-state index contributed by atoms with van der Waals surface area (Å²) in [5.41, 5.74) is 8.61. The zero-order valence-corrected chi connectivity index (χ0v) is 15.1. The fourth-order valence-corrected chi connectivity index (χ4v) is 2.47. The average Bonchev–Trinajstić information content (AvgIpc) is 3.17. The van der Waals surface area contributed by atoms with Gasteiger partial charge in [-0.05, 0) is 48.9 Å². The summed E-state index contributed by atoms with van der Waals surface area (Å²) in [7, 11) is 1.56. The Bertz CT molecular complexity index is 851. The highest BCUT2D eigenvalue weighted by Crippen LogP contribution is 2.27. The highest BCUT2D eigenvalue weighted by atomic mass is 35.5. The van der Waals surface area contributed by atoms with Crippen LogP contribution < -0.4 is 15.8 Å². The van der Waals surface area contributed by atoms with Crippen molar-refractivity contribution in [1.82, 2.24) is 14.8 Å². The largest absolute Gasteiger partial charge is 0.495 e. The average molecular weight is 374 g/mol. The molecule has 7 nitrogen and oxygen atoms in total. The van der Waals surface area contributed by atoms with Gasteiger partial charge >= 0.3 is 0 Å². The molecular weight excluding hydrogens is 354 g/mol. The van der Waals surface area contributed by atoms with E-state index in [1.165, 1.54) is 0 Å². The van der Waals surface area contributed by atoms with Gasteiger partial charge in [0.2, 0.25) is 0 Å². The van der Waals surface area contributed by atoms with Crippen molar-refractivity contribution >= 4 is 24.0 Å². The van der Waals surface area contributed by atoms with Gasteiger partial charge in [0.1, 0.15) is 18.4 Å². The molecule has 0 unspecified atom stereocenters. The van der Waals surface area contributed by atoms with Crippen molar-refractivity contribution in [2.45, 2.75) is 6.42 Å². The monoisotopic (exact) mass is 373 g/mol. The van der Waals surface area contributed by atoms with Gasteiger partial charge < -0.3 is 15.8 Å². The SMILES string of the molecule is COc1ccc(-n2cnnc2)cc1NC(=O)c1ccc(CCN)cc1.Cl. The molecule has 0 saturated carbocycles. The van der Waals surface area contributed by atoms with Crippen LogP contribution in [0, 0.1) is 0 Å². The van der Waals surface area contributed by atoms with E-state index in [2.05, 4.69) is 15.5 Å². The Hall–Kier alpha value is -2.90. The summed E-state index contributed by atoms with van der Waals surface area (Å²) in [5, 5.41) is 10.5. The van der Waals surface area contributed by atoms with Crippen LogP contribution in [0.3, 0.4) is 0 Å². The fourth-order valence-electron chi connectivity index (χ4n) is 2.47. The molecule has 0 fully saturated rings. The van der Waals surface area contributed by atoms with Gasteiger partial charge in [-0.15, -0.1) is 22.6 Å². The Morgan fingerprint density at radius 1 is 1.15 bits per heavy atom. The number of hydrogen-bond acceptors (Lipinski definition) is 5. The number of carbonyl (C=O) groups is 1. The van der Waals surface area contributed by atoms with Crippen LogP contribution in [0.25, 0.3) is 5.69 Å². The van der Waals surface area contributed by atoms with Crippen molar-refractivity contribution in [2.24, 2.45) is 5.73 Å². The summed E-state index contributed by atoms with van der Waals surface area (Å²) in [4.78, 5) is 12.5. The summed E-state index contributed by atoms with van der Waals surface area (Å²) < 4.78 is 7.08. The molecule has 0 atom stereocenters. The molecule has 0 aliphatic rings. The van der Waals surface area contributed by atoms with Crippen molar-refractivity contribution in [1.29, 1.82) is 0 Å². The van der Waals surface area contributed by atoms with Crippen LogP contribution in [-0.2, 0) is 6.42 Å². The molecule has 0 saturated heterocycles. The molecule has 0 aliphatic heterocycles. The number of halogens is 1. The van der Waals surface area contributed by atoms with E-state index in [1.807, 2.05) is 24.3 Å². The maximum Gasteiger partial charge on any atom is 0.255 e. The smallest absolute Gasteiger partial charge is 0.255 e. The lowest BCUT2D eigenvalue weighted by Crippen LogP contribution is -2.13. The second kappa shape index (κ2) is 8.98. The van der Waals surface area contributed by atoms with Crippen LogP contribution in [0.2, 0.25) is 0 Å². The molecule has 0 spiro atoms. The van der Waals surface area contributed by atoms with Crippen molar-refractivity contribution < 1.29 is 9.53 Å². The number of nitrogens with zero attached hydrogens (tertiary/aromatic N) is 3. The van der Waals surface area contributed by atoms with E-state index in [1.54, 1.807) is 42.5 Å². The lowest BCUT2D eigenvalue weighted by atomic mass is 10.1. The van der Waals surface area contributed by atoms with Crippen LogP contribution in [0.1, 0.15) is 15.9 Å². The maximum absolute atomic E-state index is 12.5. The number of rotatable bonds is 6. The molecule has 0 aliphatic carbocycles. The number of ether oxygens (including phenoxy) is 1. The number of anilines is 1. The Kier molecular flexibility index (Phi) is 6.71. The number of nitrogens with two attached hydrogens (primary N) is 1. The van der Waals surface area contributed by atoms with Gasteiger partial charge in [-0.3, -0.25) is 9.36 Å². The van der Waals surface area contributed by atoms with Crippen LogP contribution in [0.5, 0.6) is 5.75 Å². The third-order valence-corrected chi connectivity index (χ3v) is 3.80. The lowest BCUT2D eigenvalue weighted by molar-refractivity contribution is 0.102. The highest BCUT2D eigenvalue weighted by molar-refractivity contribution is 6.05. The van der Waals surface area contributed by atoms with Gasteiger partial charge in [-0.25, -0.2) is 0 Å². The third kappa shape index (κ3) is 4.38. The summed E-state index contributed by atoms with van der Waals surface area (Å²) in [5.74, 6) is 0.364. The molecular formula is C18H20ClN5O2. The molecule has 1 aromatic heterocycles. The number of benzene rings is 2. The van der Waals surface area contributed by atoms with Crippen molar-refractivity contribution in [3.8, 4) is 11.4 Å². The number of methoxy groups -OCH3 is 1. The van der Waals surface area contributed by atoms with E-state index in [0.717, 1.165) is 17.7 Å². The molecule has 3 aromatic rings. The molecule has 1 heterocycles. The van der Waals surface area contributed by atoms with E-state index in [-0.39, 0.29) is 18.3 Å². The normalized spacial score (nSPS) is 10.1. The summed E-state index contributed by atoms with van der Waals surface area (Å²) >= 11 is 0. The second-order valence-corrected chi connectivity index (χ2v) is 5.44. The number of carbonyl (C=O) groups excluding carboxylic acids is 1. The molecule has 0 bridgehead atoms. The van der Waals surface area contributed by atoms with Gasteiger partial charge in [0.25, 0.3) is 5.91 Å². The molecule has 1 amide bonds. The molecule has 3 N–H and O–H groups in total.